The van der Waals surface area contributed by atoms with Gasteiger partial charge in [0.05, 0.1) is 24.2 Å². The zero-order chi connectivity index (χ0) is 21.6. The maximum absolute atomic E-state index is 12.5. The van der Waals surface area contributed by atoms with Crippen molar-refractivity contribution in [3.63, 3.8) is 0 Å². The van der Waals surface area contributed by atoms with Crippen molar-refractivity contribution in [3.8, 4) is 11.5 Å². The molecular weight excluding hydrogens is 398 g/mol. The summed E-state index contributed by atoms with van der Waals surface area (Å²) >= 11 is 0. The highest BCUT2D eigenvalue weighted by atomic mass is 32.2. The molecule has 0 aromatic heterocycles. The summed E-state index contributed by atoms with van der Waals surface area (Å²) in [6.07, 6.45) is 1.56. The van der Waals surface area contributed by atoms with Crippen molar-refractivity contribution in [2.24, 2.45) is 5.14 Å². The highest BCUT2D eigenvalue weighted by Gasteiger charge is 2.16. The van der Waals surface area contributed by atoms with E-state index in [-0.39, 0.29) is 22.8 Å². The molecule has 2 aromatic carbocycles. The summed E-state index contributed by atoms with van der Waals surface area (Å²) in [6, 6.07) is 10.3. The molecule has 0 bridgehead atoms. The molecule has 9 heteroatoms. The Hall–Kier alpha value is -3.17. The van der Waals surface area contributed by atoms with Crippen molar-refractivity contribution in [2.75, 3.05) is 13.7 Å². The number of rotatable bonds is 7. The number of methoxy groups -OCH3 is 1. The van der Waals surface area contributed by atoms with E-state index in [1.165, 1.54) is 38.3 Å². The monoisotopic (exact) mass is 419 g/mol. The van der Waals surface area contributed by atoms with Gasteiger partial charge < -0.3 is 14.2 Å². The summed E-state index contributed by atoms with van der Waals surface area (Å²) in [5.74, 6) is -0.526. The Labute approximate surface area is 168 Å². The normalized spacial score (nSPS) is 11.7. The number of benzene rings is 2. The Kier molecular flexibility index (Phi) is 7.13. The van der Waals surface area contributed by atoms with Gasteiger partial charge in [-0.15, -0.1) is 0 Å². The summed E-state index contributed by atoms with van der Waals surface area (Å²) in [7, 11) is -2.43. The first-order valence-corrected chi connectivity index (χ1v) is 10.1. The fraction of sp³-hybridized carbons (Fsp3) is 0.200. The highest BCUT2D eigenvalue weighted by molar-refractivity contribution is 7.89. The van der Waals surface area contributed by atoms with E-state index in [4.69, 9.17) is 19.3 Å². The third kappa shape index (κ3) is 5.90. The first kappa shape index (κ1) is 22.1. The standard InChI is InChI=1S/C20H21NO7S/c1-4-27-20(23)17(15-6-8-16(9-7-15)29(21,24)25)11-14-5-10-18(28-13(2)22)19(12-14)26-3/h5-12H,4H2,1-3H3,(H2,21,24,25)/b17-11+. The molecule has 0 spiro atoms. The second-order valence-electron chi connectivity index (χ2n) is 5.85. The average molecular weight is 419 g/mol. The fourth-order valence-electron chi connectivity index (χ4n) is 2.47. The van der Waals surface area contributed by atoms with Gasteiger partial charge in [-0.2, -0.15) is 0 Å². The number of carbonyl (C=O) groups is 2. The van der Waals surface area contributed by atoms with Crippen LogP contribution in [0.15, 0.2) is 47.4 Å². The minimum absolute atomic E-state index is 0.0723. The minimum atomic E-state index is -3.85. The third-order valence-electron chi connectivity index (χ3n) is 3.74. The predicted octanol–water partition coefficient (Wildman–Crippen LogP) is 2.37. The van der Waals surface area contributed by atoms with E-state index in [0.717, 1.165) is 0 Å². The SMILES string of the molecule is CCOC(=O)/C(=C/c1ccc(OC(C)=O)c(OC)c1)c1ccc(S(N)(=O)=O)cc1. The number of ether oxygens (including phenoxy) is 3. The van der Waals surface area contributed by atoms with Gasteiger partial charge >= 0.3 is 11.9 Å². The molecule has 2 N–H and O–H groups in total. The number of carbonyl (C=O) groups excluding carboxylic acids is 2. The molecule has 0 unspecified atom stereocenters. The lowest BCUT2D eigenvalue weighted by atomic mass is 10.0. The lowest BCUT2D eigenvalue weighted by molar-refractivity contribution is -0.136. The zero-order valence-electron chi connectivity index (χ0n) is 16.2. The van der Waals surface area contributed by atoms with Crippen molar-refractivity contribution in [2.45, 2.75) is 18.7 Å². The Bertz CT molecular complexity index is 1040. The van der Waals surface area contributed by atoms with Crippen LogP contribution in [0.25, 0.3) is 11.6 Å². The van der Waals surface area contributed by atoms with Crippen LogP contribution in [0.4, 0.5) is 0 Å². The van der Waals surface area contributed by atoms with E-state index in [0.29, 0.717) is 16.9 Å². The molecule has 0 radical (unpaired) electrons. The predicted molar refractivity (Wildman–Crippen MR) is 107 cm³/mol. The van der Waals surface area contributed by atoms with Crippen LogP contribution in [-0.4, -0.2) is 34.1 Å². The van der Waals surface area contributed by atoms with Crippen LogP contribution < -0.4 is 14.6 Å². The highest BCUT2D eigenvalue weighted by Crippen LogP contribution is 2.30. The lowest BCUT2D eigenvalue weighted by Crippen LogP contribution is -2.12. The van der Waals surface area contributed by atoms with Crippen LogP contribution in [-0.2, 0) is 24.3 Å². The molecule has 2 aromatic rings. The molecule has 0 heterocycles. The van der Waals surface area contributed by atoms with E-state index >= 15 is 0 Å². The summed E-state index contributed by atoms with van der Waals surface area (Å²) in [5, 5.41) is 5.11. The van der Waals surface area contributed by atoms with Crippen LogP contribution >= 0.6 is 0 Å². The molecular formula is C20H21NO7S. The molecule has 0 saturated carbocycles. The van der Waals surface area contributed by atoms with Gasteiger partial charge in [0.25, 0.3) is 0 Å². The molecule has 29 heavy (non-hydrogen) atoms. The summed E-state index contributed by atoms with van der Waals surface area (Å²) < 4.78 is 38.3. The maximum Gasteiger partial charge on any atom is 0.338 e. The van der Waals surface area contributed by atoms with Crippen molar-refractivity contribution in [1.29, 1.82) is 0 Å². The molecule has 0 fully saturated rings. The van der Waals surface area contributed by atoms with Crippen LogP contribution in [0.3, 0.4) is 0 Å². The molecule has 0 aliphatic heterocycles. The maximum atomic E-state index is 12.5. The molecule has 0 aliphatic rings. The van der Waals surface area contributed by atoms with Crippen LogP contribution in [0.1, 0.15) is 25.0 Å². The van der Waals surface area contributed by atoms with Gasteiger partial charge in [-0.05, 0) is 48.4 Å². The third-order valence-corrected chi connectivity index (χ3v) is 4.67. The number of sulfonamides is 1. The Morgan fingerprint density at radius 1 is 1.07 bits per heavy atom. The number of nitrogens with two attached hydrogens (primary N) is 1. The van der Waals surface area contributed by atoms with Crippen LogP contribution in [0.5, 0.6) is 11.5 Å². The topological polar surface area (TPSA) is 122 Å². The van der Waals surface area contributed by atoms with Crippen molar-refractivity contribution in [1.82, 2.24) is 0 Å². The number of hydrogen-bond donors (Lipinski definition) is 1. The van der Waals surface area contributed by atoms with E-state index in [2.05, 4.69) is 0 Å². The number of hydrogen-bond acceptors (Lipinski definition) is 7. The van der Waals surface area contributed by atoms with Crippen LogP contribution in [0, 0.1) is 0 Å². The van der Waals surface area contributed by atoms with Gasteiger partial charge in [0, 0.05) is 6.92 Å². The Morgan fingerprint density at radius 2 is 1.72 bits per heavy atom. The summed E-state index contributed by atoms with van der Waals surface area (Å²) in [4.78, 5) is 23.6. The van der Waals surface area contributed by atoms with Gasteiger partial charge in [0.2, 0.25) is 10.0 Å². The first-order chi connectivity index (χ1) is 13.7. The summed E-state index contributed by atoms with van der Waals surface area (Å²) in [5.41, 5.74) is 1.23. The quantitative estimate of drug-likeness (QED) is 0.316. The molecule has 8 nitrogen and oxygen atoms in total. The number of primary sulfonamides is 1. The minimum Gasteiger partial charge on any atom is -0.493 e. The smallest absolute Gasteiger partial charge is 0.338 e. The lowest BCUT2D eigenvalue weighted by Gasteiger charge is -2.11. The van der Waals surface area contributed by atoms with Crippen molar-refractivity contribution >= 4 is 33.6 Å². The Balaban J connectivity index is 2.51. The zero-order valence-corrected chi connectivity index (χ0v) is 17.0. The van der Waals surface area contributed by atoms with Gasteiger partial charge in [0.15, 0.2) is 11.5 Å². The molecule has 0 saturated heterocycles. The summed E-state index contributed by atoms with van der Waals surface area (Å²) in [6.45, 7) is 3.12. The van der Waals surface area contributed by atoms with Crippen molar-refractivity contribution < 1.29 is 32.2 Å². The largest absolute Gasteiger partial charge is 0.493 e. The average Bonchev–Trinajstić information content (AvgIpc) is 2.66. The second kappa shape index (κ2) is 9.35. The fourth-order valence-corrected chi connectivity index (χ4v) is 2.99. The van der Waals surface area contributed by atoms with Gasteiger partial charge in [0.1, 0.15) is 0 Å². The van der Waals surface area contributed by atoms with Gasteiger partial charge in [-0.25, -0.2) is 18.4 Å². The van der Waals surface area contributed by atoms with Gasteiger partial charge in [-0.3, -0.25) is 4.79 Å². The molecule has 2 rings (SSSR count). The Morgan fingerprint density at radius 3 is 2.24 bits per heavy atom. The van der Waals surface area contributed by atoms with Crippen molar-refractivity contribution in [3.05, 3.63) is 53.6 Å². The van der Waals surface area contributed by atoms with E-state index in [1.807, 2.05) is 0 Å². The van der Waals surface area contributed by atoms with E-state index in [1.54, 1.807) is 31.2 Å². The molecule has 0 amide bonds. The molecule has 0 atom stereocenters. The van der Waals surface area contributed by atoms with Crippen LogP contribution in [0.2, 0.25) is 0 Å². The van der Waals surface area contributed by atoms with E-state index in [9.17, 15) is 18.0 Å². The first-order valence-electron chi connectivity index (χ1n) is 8.54. The molecule has 0 aliphatic carbocycles. The van der Waals surface area contributed by atoms with E-state index < -0.39 is 22.0 Å². The van der Waals surface area contributed by atoms with Gasteiger partial charge in [-0.1, -0.05) is 18.2 Å². The second-order valence-corrected chi connectivity index (χ2v) is 7.41. The molecule has 154 valence electrons. The number of esters is 2.